The lowest BCUT2D eigenvalue weighted by Gasteiger charge is -2.27. The van der Waals surface area contributed by atoms with Crippen LogP contribution in [0.5, 0.6) is 11.5 Å². The van der Waals surface area contributed by atoms with Gasteiger partial charge in [-0.25, -0.2) is 14.6 Å². The van der Waals surface area contributed by atoms with Crippen LogP contribution in [0.15, 0.2) is 74.0 Å². The normalized spacial score (nSPS) is 14.5. The number of allylic oxidation sites excluding steroid dienone is 1. The maximum absolute atomic E-state index is 14.2. The van der Waals surface area contributed by atoms with Gasteiger partial charge in [0.2, 0.25) is 0 Å². The van der Waals surface area contributed by atoms with Gasteiger partial charge in [0.05, 0.1) is 49.3 Å². The number of methoxy groups -OCH3 is 3. The second kappa shape index (κ2) is 13.6. The van der Waals surface area contributed by atoms with Gasteiger partial charge < -0.3 is 23.4 Å². The smallest absolute Gasteiger partial charge is 0.338 e. The molecule has 10 nitrogen and oxygen atoms in total. The number of fused-ring (bicyclic) bond motifs is 1. The van der Waals surface area contributed by atoms with E-state index in [0.717, 1.165) is 0 Å². The maximum atomic E-state index is 14.2. The van der Waals surface area contributed by atoms with E-state index in [0.29, 0.717) is 67.0 Å². The van der Waals surface area contributed by atoms with Crippen molar-refractivity contribution in [1.29, 1.82) is 0 Å². The van der Waals surface area contributed by atoms with E-state index < -0.39 is 18.0 Å². The molecule has 0 aliphatic carbocycles. The van der Waals surface area contributed by atoms with E-state index in [2.05, 4.69) is 0 Å². The van der Waals surface area contributed by atoms with Crippen molar-refractivity contribution in [2.45, 2.75) is 32.7 Å². The number of furan rings is 1. The third kappa shape index (κ3) is 6.18. The molecule has 1 aliphatic heterocycles. The number of aromatic nitrogens is 1. The quantitative estimate of drug-likeness (QED) is 0.212. The fraction of sp³-hybridized carbons (Fsp3) is 0.273. The average molecular weight is 651 g/mol. The molecule has 0 N–H and O–H groups in total. The van der Waals surface area contributed by atoms with Gasteiger partial charge in [0.25, 0.3) is 5.56 Å². The van der Waals surface area contributed by atoms with Crippen LogP contribution in [0.25, 0.3) is 17.4 Å². The Labute approximate surface area is 267 Å². The lowest BCUT2D eigenvalue weighted by atomic mass is 9.93. The van der Waals surface area contributed by atoms with Crippen molar-refractivity contribution in [1.82, 2.24) is 4.57 Å². The molecule has 12 heteroatoms. The molecule has 4 aromatic rings. The molecule has 1 atom stereocenters. The van der Waals surface area contributed by atoms with Gasteiger partial charge >= 0.3 is 11.9 Å². The van der Waals surface area contributed by atoms with Crippen molar-refractivity contribution in [2.24, 2.45) is 4.99 Å². The first-order valence-corrected chi connectivity index (χ1v) is 15.4. The van der Waals surface area contributed by atoms with Gasteiger partial charge in [0.1, 0.15) is 29.1 Å². The summed E-state index contributed by atoms with van der Waals surface area (Å²) in [6, 6.07) is 12.5. The van der Waals surface area contributed by atoms with Gasteiger partial charge in [-0.3, -0.25) is 9.36 Å². The molecule has 2 aromatic carbocycles. The highest BCUT2D eigenvalue weighted by Crippen LogP contribution is 2.39. The molecule has 0 fully saturated rings. The van der Waals surface area contributed by atoms with Crippen molar-refractivity contribution >= 4 is 41.0 Å². The summed E-state index contributed by atoms with van der Waals surface area (Å²) in [7, 11) is 4.36. The number of hydrogen-bond donors (Lipinski definition) is 0. The molecular weight excluding hydrogens is 620 g/mol. The van der Waals surface area contributed by atoms with Gasteiger partial charge in [-0.15, -0.1) is 0 Å². The summed E-state index contributed by atoms with van der Waals surface area (Å²) in [5.41, 5.74) is 1.69. The monoisotopic (exact) mass is 650 g/mol. The van der Waals surface area contributed by atoms with Crippen LogP contribution in [0.3, 0.4) is 0 Å². The highest BCUT2D eigenvalue weighted by molar-refractivity contribution is 7.07. The summed E-state index contributed by atoms with van der Waals surface area (Å²) in [4.78, 5) is 45.2. The molecule has 1 aliphatic rings. The summed E-state index contributed by atoms with van der Waals surface area (Å²) in [5, 5.41) is 0.414. The summed E-state index contributed by atoms with van der Waals surface area (Å²) in [6.45, 7) is 3.87. The fourth-order valence-electron chi connectivity index (χ4n) is 5.18. The van der Waals surface area contributed by atoms with Crippen LogP contribution in [-0.2, 0) is 14.3 Å². The third-order valence-electron chi connectivity index (χ3n) is 7.18. The zero-order valence-electron chi connectivity index (χ0n) is 25.3. The zero-order chi connectivity index (χ0) is 32.2. The third-order valence-corrected chi connectivity index (χ3v) is 8.39. The van der Waals surface area contributed by atoms with E-state index in [9.17, 15) is 14.4 Å². The molecule has 0 radical (unpaired) electrons. The maximum Gasteiger partial charge on any atom is 0.338 e. The molecule has 0 unspecified atom stereocenters. The Hall–Kier alpha value is -4.61. The number of benzene rings is 2. The van der Waals surface area contributed by atoms with E-state index in [1.165, 1.54) is 37.2 Å². The molecule has 3 heterocycles. The largest absolute Gasteiger partial charge is 0.497 e. The minimum Gasteiger partial charge on any atom is -0.497 e. The lowest BCUT2D eigenvalue weighted by molar-refractivity contribution is -0.139. The molecule has 0 amide bonds. The minimum atomic E-state index is -0.893. The van der Waals surface area contributed by atoms with Crippen LogP contribution in [-0.4, -0.2) is 44.4 Å². The van der Waals surface area contributed by atoms with Gasteiger partial charge in [-0.1, -0.05) is 36.3 Å². The Bertz CT molecular complexity index is 1990. The predicted molar refractivity (Wildman–Crippen MR) is 170 cm³/mol. The van der Waals surface area contributed by atoms with Gasteiger partial charge in [0.15, 0.2) is 4.80 Å². The fourth-order valence-corrected chi connectivity index (χ4v) is 6.35. The zero-order valence-corrected chi connectivity index (χ0v) is 26.9. The van der Waals surface area contributed by atoms with E-state index in [1.807, 2.05) is 6.92 Å². The molecule has 0 saturated carbocycles. The summed E-state index contributed by atoms with van der Waals surface area (Å²) in [6.07, 6.45) is 2.80. The van der Waals surface area contributed by atoms with E-state index >= 15 is 0 Å². The van der Waals surface area contributed by atoms with Crippen molar-refractivity contribution in [3.05, 3.63) is 101 Å². The Kier molecular flexibility index (Phi) is 9.60. The standard InChI is InChI=1S/C33H31ClN2O8S/c1-6-8-24-28(32(39)43-7-2)29(23-16-19(40-3)10-13-25(23)41-4)36-30(37)27(45-33(36)35-24)17-20-11-14-26(44-20)22-15-18(34)9-12-21(22)31(38)42-5/h9-17,29H,6-8H2,1-5H3/b27-17-/t29-/m0/s1. The number of halogens is 1. The van der Waals surface area contributed by atoms with E-state index in [1.54, 1.807) is 61.5 Å². The number of hydrogen-bond acceptors (Lipinski definition) is 10. The molecular formula is C33H31ClN2O8S. The molecule has 0 spiro atoms. The van der Waals surface area contributed by atoms with Crippen LogP contribution in [0.2, 0.25) is 5.02 Å². The minimum absolute atomic E-state index is 0.152. The summed E-state index contributed by atoms with van der Waals surface area (Å²) in [5.74, 6) is 0.619. The van der Waals surface area contributed by atoms with E-state index in [4.69, 9.17) is 40.0 Å². The number of nitrogens with zero attached hydrogens (tertiary/aromatic N) is 2. The van der Waals surface area contributed by atoms with Gasteiger partial charge in [-0.05, 0) is 61.9 Å². The van der Waals surface area contributed by atoms with E-state index in [-0.39, 0.29) is 23.3 Å². The average Bonchev–Trinajstić information content (AvgIpc) is 3.63. The van der Waals surface area contributed by atoms with Gasteiger partial charge in [0, 0.05) is 22.2 Å². The van der Waals surface area contributed by atoms with Crippen LogP contribution in [0.4, 0.5) is 0 Å². The first-order valence-electron chi connectivity index (χ1n) is 14.2. The number of thiazole rings is 1. The number of rotatable bonds is 10. The SMILES string of the molecule is CCCC1=C(C(=O)OCC)[C@H](c2cc(OC)ccc2OC)n2c(s/c(=C\c3ccc(-c4cc(Cl)ccc4C(=O)OC)o3)c2=O)=N1. The topological polar surface area (TPSA) is 119 Å². The molecule has 2 aromatic heterocycles. The number of carbonyl (C=O) groups is 2. The van der Waals surface area contributed by atoms with Crippen LogP contribution < -0.4 is 24.4 Å². The van der Waals surface area contributed by atoms with Crippen molar-refractivity contribution in [2.75, 3.05) is 27.9 Å². The molecule has 234 valence electrons. The van der Waals surface area contributed by atoms with Crippen LogP contribution in [0.1, 0.15) is 54.4 Å². The Balaban J connectivity index is 1.71. The summed E-state index contributed by atoms with van der Waals surface area (Å²) >= 11 is 7.38. The van der Waals surface area contributed by atoms with Crippen LogP contribution >= 0.6 is 22.9 Å². The summed E-state index contributed by atoms with van der Waals surface area (Å²) < 4.78 is 29.4. The highest BCUT2D eigenvalue weighted by Gasteiger charge is 2.36. The van der Waals surface area contributed by atoms with Crippen LogP contribution in [0, 0.1) is 0 Å². The Morgan fingerprint density at radius 2 is 1.84 bits per heavy atom. The Morgan fingerprint density at radius 1 is 1.04 bits per heavy atom. The molecule has 45 heavy (non-hydrogen) atoms. The Morgan fingerprint density at radius 3 is 2.53 bits per heavy atom. The first kappa shape index (κ1) is 31.8. The number of carbonyl (C=O) groups excluding carboxylic acids is 2. The van der Waals surface area contributed by atoms with Gasteiger partial charge in [-0.2, -0.15) is 0 Å². The second-order valence-corrected chi connectivity index (χ2v) is 11.4. The molecule has 5 rings (SSSR count). The van der Waals surface area contributed by atoms with Crippen molar-refractivity contribution in [3.63, 3.8) is 0 Å². The van der Waals surface area contributed by atoms with Crippen molar-refractivity contribution in [3.8, 4) is 22.8 Å². The lowest BCUT2D eigenvalue weighted by Crippen LogP contribution is -2.40. The second-order valence-electron chi connectivity index (χ2n) is 9.90. The highest BCUT2D eigenvalue weighted by atomic mass is 35.5. The molecule has 0 saturated heterocycles. The predicted octanol–water partition coefficient (Wildman–Crippen LogP) is 5.30. The molecule has 0 bridgehead atoms. The number of ether oxygens (including phenoxy) is 4. The van der Waals surface area contributed by atoms with Crippen molar-refractivity contribution < 1.29 is 33.0 Å². The number of esters is 2. The first-order chi connectivity index (χ1) is 21.7.